The summed E-state index contributed by atoms with van der Waals surface area (Å²) in [4.78, 5) is 30.9. The summed E-state index contributed by atoms with van der Waals surface area (Å²) < 4.78 is 21.9. The Labute approximate surface area is 214 Å². The molecule has 0 bridgehead atoms. The first-order valence-electron chi connectivity index (χ1n) is 11.9. The molecule has 2 aromatic heterocycles. The van der Waals surface area contributed by atoms with E-state index in [2.05, 4.69) is 34.8 Å². The summed E-state index contributed by atoms with van der Waals surface area (Å²) in [5, 5.41) is 15.7. The minimum atomic E-state index is -1.88. The molecular formula is C26H25FIN3O4. The van der Waals surface area contributed by atoms with Gasteiger partial charge in [-0.1, -0.05) is 29.5 Å². The zero-order chi connectivity index (χ0) is 24.8. The first kappa shape index (κ1) is 23.1. The first-order valence-corrected chi connectivity index (χ1v) is 13.1. The van der Waals surface area contributed by atoms with E-state index in [-0.39, 0.29) is 40.1 Å². The van der Waals surface area contributed by atoms with Gasteiger partial charge < -0.3 is 14.4 Å². The van der Waals surface area contributed by atoms with Gasteiger partial charge in [-0.2, -0.15) is 0 Å². The van der Waals surface area contributed by atoms with E-state index in [1.165, 1.54) is 6.07 Å². The van der Waals surface area contributed by atoms with E-state index >= 15 is 0 Å². The molecule has 3 atom stereocenters. The van der Waals surface area contributed by atoms with Crippen molar-refractivity contribution >= 4 is 39.5 Å². The van der Waals surface area contributed by atoms with Crippen molar-refractivity contribution in [3.05, 3.63) is 61.7 Å². The fourth-order valence-electron chi connectivity index (χ4n) is 6.00. The summed E-state index contributed by atoms with van der Waals surface area (Å²) in [5.74, 6) is -1.04. The molecule has 0 amide bonds. The number of hydrogen-bond donors (Lipinski definition) is 2. The van der Waals surface area contributed by atoms with Crippen LogP contribution in [0.5, 0.6) is 0 Å². The van der Waals surface area contributed by atoms with E-state index in [0.717, 1.165) is 34.9 Å². The number of pyridine rings is 2. The number of benzene rings is 1. The number of hydrogen-bond acceptors (Lipinski definition) is 6. The molecule has 3 aromatic rings. The van der Waals surface area contributed by atoms with Crippen molar-refractivity contribution < 1.29 is 19.0 Å². The van der Waals surface area contributed by atoms with E-state index in [1.807, 2.05) is 6.92 Å². The van der Waals surface area contributed by atoms with Gasteiger partial charge in [0, 0.05) is 28.6 Å². The topological polar surface area (TPSA) is 93.5 Å². The summed E-state index contributed by atoms with van der Waals surface area (Å²) in [6, 6.07) is 3.22. The highest BCUT2D eigenvalue weighted by Gasteiger charge is 2.46. The van der Waals surface area contributed by atoms with E-state index in [1.54, 1.807) is 17.6 Å². The molecule has 2 N–H and O–H groups in total. The summed E-state index contributed by atoms with van der Waals surface area (Å²) in [5.41, 5.74) is 3.73. The molecule has 1 aliphatic carbocycles. The molecule has 2 aliphatic heterocycles. The summed E-state index contributed by atoms with van der Waals surface area (Å²) in [7, 11) is 0. The van der Waals surface area contributed by atoms with Crippen LogP contribution in [0.1, 0.15) is 66.1 Å². The molecule has 6 rings (SSSR count). The van der Waals surface area contributed by atoms with Crippen molar-refractivity contribution in [2.75, 3.05) is 0 Å². The Hall–Kier alpha value is -2.37. The minimum Gasteiger partial charge on any atom is -0.458 e. The zero-order valence-electron chi connectivity index (χ0n) is 19.7. The maximum absolute atomic E-state index is 14.9. The Morgan fingerprint density at radius 2 is 2.11 bits per heavy atom. The maximum atomic E-state index is 14.9. The molecule has 0 saturated heterocycles. The van der Waals surface area contributed by atoms with Gasteiger partial charge in [-0.05, 0) is 55.9 Å². The summed E-state index contributed by atoms with van der Waals surface area (Å²) >= 11 is 2.34. The van der Waals surface area contributed by atoms with Crippen molar-refractivity contribution in [2.45, 2.75) is 68.9 Å². The smallest absolute Gasteiger partial charge is 0.343 e. The molecule has 1 aromatic carbocycles. The molecule has 35 heavy (non-hydrogen) atoms. The van der Waals surface area contributed by atoms with Crippen LogP contribution in [0.2, 0.25) is 0 Å². The van der Waals surface area contributed by atoms with Gasteiger partial charge in [0.05, 0.1) is 33.1 Å². The highest BCUT2D eigenvalue weighted by Crippen LogP contribution is 2.46. The van der Waals surface area contributed by atoms with Crippen molar-refractivity contribution in [1.82, 2.24) is 14.9 Å². The third-order valence-corrected chi connectivity index (χ3v) is 8.17. The number of alkyl halides is 1. The molecule has 0 saturated carbocycles. The van der Waals surface area contributed by atoms with Crippen LogP contribution in [-0.2, 0) is 34.7 Å². The first-order chi connectivity index (χ1) is 16.7. The number of carbonyl (C=O) groups excluding carboxylic acids is 1. The number of fused-ring (bicyclic) bond motifs is 5. The van der Waals surface area contributed by atoms with E-state index < -0.39 is 11.6 Å². The predicted octanol–water partition coefficient (Wildman–Crippen LogP) is 3.89. The largest absolute Gasteiger partial charge is 0.458 e. The highest BCUT2D eigenvalue weighted by molar-refractivity contribution is 14.1. The number of aromatic nitrogens is 2. The molecule has 0 radical (unpaired) electrons. The Morgan fingerprint density at radius 1 is 1.34 bits per heavy atom. The van der Waals surface area contributed by atoms with Crippen LogP contribution in [0, 0.1) is 12.7 Å². The van der Waals surface area contributed by atoms with Gasteiger partial charge in [0.1, 0.15) is 12.4 Å². The maximum Gasteiger partial charge on any atom is 0.343 e. The van der Waals surface area contributed by atoms with Crippen LogP contribution in [-0.4, -0.2) is 24.7 Å². The fourth-order valence-corrected chi connectivity index (χ4v) is 6.43. The van der Waals surface area contributed by atoms with E-state index in [9.17, 15) is 19.1 Å². The Kier molecular flexibility index (Phi) is 5.15. The Morgan fingerprint density at radius 3 is 2.83 bits per heavy atom. The molecule has 3 aliphatic rings. The number of nitrogens with zero attached hydrogens (tertiary/aromatic N) is 2. The van der Waals surface area contributed by atoms with Crippen LogP contribution in [0.15, 0.2) is 16.9 Å². The van der Waals surface area contributed by atoms with Crippen molar-refractivity contribution in [1.29, 1.82) is 0 Å². The number of halogens is 2. The van der Waals surface area contributed by atoms with Gasteiger partial charge in [0.2, 0.25) is 0 Å². The second-order valence-corrected chi connectivity index (χ2v) is 11.6. The average Bonchev–Trinajstić information content (AvgIpc) is 3.19. The lowest BCUT2D eigenvalue weighted by molar-refractivity contribution is -0.172. The van der Waals surface area contributed by atoms with Crippen LogP contribution in [0.4, 0.5) is 4.39 Å². The van der Waals surface area contributed by atoms with Crippen molar-refractivity contribution in [3.63, 3.8) is 0 Å². The predicted molar refractivity (Wildman–Crippen MR) is 137 cm³/mol. The van der Waals surface area contributed by atoms with Crippen LogP contribution >= 0.6 is 22.6 Å². The lowest BCUT2D eigenvalue weighted by atomic mass is 9.81. The monoisotopic (exact) mass is 589 g/mol. The van der Waals surface area contributed by atoms with Gasteiger partial charge >= 0.3 is 5.97 Å². The standard InChI is InChI=1S/C26H25FIN3O4/c1-4-26(34)16-7-20-23-14(9-31(20)24(32)15(16)10-35-25(26)33)22-18(29-12(3)28)6-5-13-11(2)17(27)8-19(30-23)21(13)22/h7-8,12,18,29,34H,4-6,9-10H2,1-3H3/t12?,18-,26-/m0/s1. The lowest BCUT2D eigenvalue weighted by Gasteiger charge is -2.31. The molecule has 9 heteroatoms. The number of cyclic esters (lactones) is 1. The second kappa shape index (κ2) is 7.81. The number of rotatable bonds is 3. The SMILES string of the molecule is CC[C@@]1(O)C(=O)OCc2c1cc1n(c2=O)Cc2c-1nc1cc(F)c(C)c3c1c2[C@@H](NC(C)I)CC3. The average molecular weight is 589 g/mol. The number of esters is 1. The normalized spacial score (nSPS) is 23.0. The summed E-state index contributed by atoms with van der Waals surface area (Å²) in [6.45, 7) is 5.74. The Bertz CT molecular complexity index is 1520. The zero-order valence-corrected chi connectivity index (χ0v) is 21.8. The van der Waals surface area contributed by atoms with Gasteiger partial charge in [-0.25, -0.2) is 14.2 Å². The molecule has 0 spiro atoms. The van der Waals surface area contributed by atoms with Crippen LogP contribution in [0.25, 0.3) is 22.3 Å². The van der Waals surface area contributed by atoms with Crippen molar-refractivity contribution in [2.24, 2.45) is 0 Å². The second-order valence-electron chi connectivity index (χ2n) is 9.69. The van der Waals surface area contributed by atoms with Crippen LogP contribution in [0.3, 0.4) is 0 Å². The molecule has 182 valence electrons. The summed E-state index contributed by atoms with van der Waals surface area (Å²) in [6.07, 6.45) is 1.65. The quantitative estimate of drug-likeness (QED) is 0.163. The van der Waals surface area contributed by atoms with Crippen molar-refractivity contribution in [3.8, 4) is 11.4 Å². The van der Waals surface area contributed by atoms with Gasteiger partial charge in [0.15, 0.2) is 5.60 Å². The number of ether oxygens (including phenoxy) is 1. The van der Waals surface area contributed by atoms with Crippen LogP contribution < -0.4 is 10.9 Å². The van der Waals surface area contributed by atoms with Gasteiger partial charge in [0.25, 0.3) is 5.56 Å². The number of aryl methyl sites for hydroxylation is 1. The third kappa shape index (κ3) is 3.10. The van der Waals surface area contributed by atoms with Gasteiger partial charge in [-0.15, -0.1) is 0 Å². The fraction of sp³-hybridized carbons (Fsp3) is 0.423. The van der Waals surface area contributed by atoms with E-state index in [0.29, 0.717) is 34.6 Å². The molecular weight excluding hydrogens is 564 g/mol. The minimum absolute atomic E-state index is 0.0376. The van der Waals surface area contributed by atoms with E-state index in [4.69, 9.17) is 9.72 Å². The lowest BCUT2D eigenvalue weighted by Crippen LogP contribution is -2.44. The third-order valence-electron chi connectivity index (χ3n) is 7.81. The highest BCUT2D eigenvalue weighted by atomic mass is 127. The molecule has 7 nitrogen and oxygen atoms in total. The molecule has 0 fully saturated rings. The molecule has 1 unspecified atom stereocenters. The number of carbonyl (C=O) groups is 1. The van der Waals surface area contributed by atoms with Gasteiger partial charge in [-0.3, -0.25) is 10.1 Å². The number of nitrogens with one attached hydrogen (secondary N) is 1. The number of aliphatic hydroxyl groups is 1. The molecule has 4 heterocycles. The Balaban J connectivity index is 1.68.